The smallest absolute Gasteiger partial charge is 0.0516 e. The Morgan fingerprint density at radius 1 is 1.33 bits per heavy atom. The van der Waals surface area contributed by atoms with E-state index in [1.807, 2.05) is 23.6 Å². The Morgan fingerprint density at radius 2 is 2.13 bits per heavy atom. The van der Waals surface area contributed by atoms with Gasteiger partial charge in [-0.05, 0) is 40.8 Å². The van der Waals surface area contributed by atoms with E-state index in [-0.39, 0.29) is 0 Å². The Balaban J connectivity index is 2.02. The minimum Gasteiger partial charge on any atom is -0.379 e. The minimum atomic E-state index is 0.819. The van der Waals surface area contributed by atoms with Gasteiger partial charge in [0, 0.05) is 26.1 Å². The highest BCUT2D eigenvalue weighted by Crippen LogP contribution is 2.22. The maximum absolute atomic E-state index is 5.85. The van der Waals surface area contributed by atoms with E-state index in [0.717, 1.165) is 11.6 Å². The van der Waals surface area contributed by atoms with Crippen LogP contribution in [0.4, 0.5) is 5.69 Å². The van der Waals surface area contributed by atoms with Crippen molar-refractivity contribution in [2.24, 2.45) is 0 Å². The Kier molecular flexibility index (Phi) is 3.88. The van der Waals surface area contributed by atoms with E-state index in [0.29, 0.717) is 0 Å². The zero-order valence-electron chi connectivity index (χ0n) is 7.84. The van der Waals surface area contributed by atoms with Gasteiger partial charge in [0.05, 0.1) is 5.02 Å². The van der Waals surface area contributed by atoms with Crippen molar-refractivity contribution < 1.29 is 0 Å². The number of thiophene rings is 1. The quantitative estimate of drug-likeness (QED) is 0.797. The molecule has 2 rings (SSSR count). The second kappa shape index (κ2) is 5.18. The first kappa shape index (κ1) is 11.2. The van der Waals surface area contributed by atoms with Gasteiger partial charge in [-0.1, -0.05) is 23.7 Å². The molecular weight excluding hydrogens is 341 g/mol. The van der Waals surface area contributed by atoms with Gasteiger partial charge in [0.15, 0.2) is 0 Å². The van der Waals surface area contributed by atoms with Gasteiger partial charge >= 0.3 is 0 Å². The summed E-state index contributed by atoms with van der Waals surface area (Å²) in [4.78, 5) is 1.25. The molecule has 0 saturated heterocycles. The lowest BCUT2D eigenvalue weighted by Gasteiger charge is -2.06. The summed E-state index contributed by atoms with van der Waals surface area (Å²) in [5.74, 6) is 0. The lowest BCUT2D eigenvalue weighted by atomic mass is 10.3. The molecule has 0 aliphatic carbocycles. The van der Waals surface area contributed by atoms with Gasteiger partial charge in [-0.15, -0.1) is 11.3 Å². The van der Waals surface area contributed by atoms with Crippen LogP contribution in [0.5, 0.6) is 0 Å². The average molecular weight is 350 g/mol. The van der Waals surface area contributed by atoms with Crippen molar-refractivity contribution in [2.45, 2.75) is 6.54 Å². The number of para-hydroxylation sites is 1. The van der Waals surface area contributed by atoms with Gasteiger partial charge in [0.1, 0.15) is 0 Å². The molecular formula is C11H9ClINS. The van der Waals surface area contributed by atoms with Crippen LogP contribution in [-0.4, -0.2) is 0 Å². The molecule has 0 unspecified atom stereocenters. The Morgan fingerprint density at radius 3 is 2.80 bits per heavy atom. The van der Waals surface area contributed by atoms with E-state index in [1.54, 1.807) is 11.3 Å². The fraction of sp³-hybridized carbons (Fsp3) is 0.0909. The third-order valence-corrected chi connectivity index (χ3v) is 4.17. The Bertz CT molecular complexity index is 455. The number of anilines is 1. The largest absolute Gasteiger partial charge is 0.379 e. The molecule has 15 heavy (non-hydrogen) atoms. The summed E-state index contributed by atoms with van der Waals surface area (Å²) < 4.78 is 1.23. The van der Waals surface area contributed by atoms with E-state index < -0.39 is 0 Å². The summed E-state index contributed by atoms with van der Waals surface area (Å²) in [5, 5.41) is 6.16. The lowest BCUT2D eigenvalue weighted by molar-refractivity contribution is 1.19. The van der Waals surface area contributed by atoms with Crippen LogP contribution < -0.4 is 5.32 Å². The summed E-state index contributed by atoms with van der Waals surface area (Å²) in [7, 11) is 0. The number of halogens is 2. The van der Waals surface area contributed by atoms with Gasteiger partial charge in [0.2, 0.25) is 0 Å². The molecule has 0 radical (unpaired) electrons. The van der Waals surface area contributed by atoms with Crippen molar-refractivity contribution >= 4 is 51.2 Å². The summed E-state index contributed by atoms with van der Waals surface area (Å²) in [6.07, 6.45) is 0. The van der Waals surface area contributed by atoms with Crippen LogP contribution in [0.1, 0.15) is 4.88 Å². The minimum absolute atomic E-state index is 0.819. The van der Waals surface area contributed by atoms with Crippen LogP contribution in [0.15, 0.2) is 35.7 Å². The highest BCUT2D eigenvalue weighted by atomic mass is 127. The molecule has 1 aromatic carbocycles. The number of benzene rings is 1. The van der Waals surface area contributed by atoms with Crippen molar-refractivity contribution in [1.29, 1.82) is 0 Å². The van der Waals surface area contributed by atoms with Gasteiger partial charge in [-0.2, -0.15) is 0 Å². The molecule has 78 valence electrons. The summed E-state index contributed by atoms with van der Waals surface area (Å²) >= 11 is 9.86. The Hall–Kier alpha value is -0.260. The second-order valence-corrected chi connectivity index (χ2v) is 5.66. The zero-order chi connectivity index (χ0) is 10.7. The maximum Gasteiger partial charge on any atom is 0.0516 e. The van der Waals surface area contributed by atoms with Gasteiger partial charge in [-0.25, -0.2) is 0 Å². The Labute approximate surface area is 112 Å². The highest BCUT2D eigenvalue weighted by molar-refractivity contribution is 14.1. The zero-order valence-corrected chi connectivity index (χ0v) is 11.6. The first-order valence-corrected chi connectivity index (χ1v) is 6.80. The van der Waals surface area contributed by atoms with E-state index in [1.165, 1.54) is 14.1 Å². The van der Waals surface area contributed by atoms with Crippen molar-refractivity contribution in [3.63, 3.8) is 0 Å². The number of rotatable bonds is 3. The fourth-order valence-corrected chi connectivity index (χ4v) is 2.82. The summed E-state index contributed by atoms with van der Waals surface area (Å²) in [6.45, 7) is 0.831. The van der Waals surface area contributed by atoms with Gasteiger partial charge in [0.25, 0.3) is 0 Å². The molecule has 0 atom stereocenters. The summed E-state index contributed by atoms with van der Waals surface area (Å²) in [6, 6.07) is 10.2. The molecule has 1 nitrogen and oxygen atoms in total. The normalized spacial score (nSPS) is 10.3. The first-order chi connectivity index (χ1) is 7.25. The third-order valence-electron chi connectivity index (χ3n) is 1.95. The molecule has 1 aromatic heterocycles. The first-order valence-electron chi connectivity index (χ1n) is 4.47. The van der Waals surface area contributed by atoms with Gasteiger partial charge in [-0.3, -0.25) is 0 Å². The lowest BCUT2D eigenvalue weighted by Crippen LogP contribution is -1.98. The summed E-state index contributed by atoms with van der Waals surface area (Å²) in [5.41, 5.74) is 1.17. The standard InChI is InChI=1S/C11H9ClINS/c12-8-5-9(15-7-8)6-14-11-4-2-1-3-10(11)13/h1-5,7,14H,6H2. The molecule has 1 N–H and O–H groups in total. The maximum atomic E-state index is 5.85. The monoisotopic (exact) mass is 349 g/mol. The molecule has 0 aliphatic heterocycles. The van der Waals surface area contributed by atoms with E-state index in [9.17, 15) is 0 Å². The average Bonchev–Trinajstić information content (AvgIpc) is 2.63. The third kappa shape index (κ3) is 3.09. The van der Waals surface area contributed by atoms with Gasteiger partial charge < -0.3 is 5.32 Å². The molecule has 4 heteroatoms. The van der Waals surface area contributed by atoms with Crippen LogP contribution in [0.25, 0.3) is 0 Å². The second-order valence-electron chi connectivity index (χ2n) is 3.06. The van der Waals surface area contributed by atoms with Crippen LogP contribution in [0, 0.1) is 3.57 Å². The van der Waals surface area contributed by atoms with Crippen LogP contribution >= 0.6 is 45.5 Å². The van der Waals surface area contributed by atoms with Crippen molar-refractivity contribution in [1.82, 2.24) is 0 Å². The number of hydrogen-bond donors (Lipinski definition) is 1. The SMILES string of the molecule is Clc1csc(CNc2ccccc2I)c1. The molecule has 0 aliphatic rings. The molecule has 0 amide bonds. The fourth-order valence-electron chi connectivity index (χ4n) is 1.23. The van der Waals surface area contributed by atoms with Crippen molar-refractivity contribution in [3.05, 3.63) is 49.2 Å². The van der Waals surface area contributed by atoms with E-state index in [2.05, 4.69) is 40.0 Å². The molecule has 0 spiro atoms. The highest BCUT2D eigenvalue weighted by Gasteiger charge is 2.00. The predicted octanol–water partition coefficient (Wildman–Crippen LogP) is 4.62. The van der Waals surface area contributed by atoms with Crippen LogP contribution in [-0.2, 0) is 6.54 Å². The molecule has 0 bridgehead atoms. The van der Waals surface area contributed by atoms with E-state index >= 15 is 0 Å². The van der Waals surface area contributed by atoms with E-state index in [4.69, 9.17) is 11.6 Å². The van der Waals surface area contributed by atoms with Crippen molar-refractivity contribution in [2.75, 3.05) is 5.32 Å². The van der Waals surface area contributed by atoms with Crippen LogP contribution in [0.2, 0.25) is 5.02 Å². The molecule has 0 fully saturated rings. The number of hydrogen-bond acceptors (Lipinski definition) is 2. The topological polar surface area (TPSA) is 12.0 Å². The predicted molar refractivity (Wildman–Crippen MR) is 75.8 cm³/mol. The van der Waals surface area contributed by atoms with Crippen LogP contribution in [0.3, 0.4) is 0 Å². The molecule has 0 saturated carbocycles. The van der Waals surface area contributed by atoms with Crippen molar-refractivity contribution in [3.8, 4) is 0 Å². The molecule has 1 heterocycles. The molecule has 2 aromatic rings. The number of nitrogens with one attached hydrogen (secondary N) is 1.